The van der Waals surface area contributed by atoms with Gasteiger partial charge in [-0.1, -0.05) is 15.9 Å². The molecule has 2 unspecified atom stereocenters. The molecule has 5 nitrogen and oxygen atoms in total. The number of hydrogen-bond donors (Lipinski definition) is 0. The Morgan fingerprint density at radius 2 is 2.10 bits per heavy atom. The normalized spacial score (nSPS) is 22.0. The first kappa shape index (κ1) is 16.1. The minimum atomic E-state index is -0.0160. The van der Waals surface area contributed by atoms with Crippen LogP contribution in [0.25, 0.3) is 0 Å². The molecular formula is C15H20BrNO4. The van der Waals surface area contributed by atoms with Crippen molar-refractivity contribution in [3.63, 3.8) is 0 Å². The van der Waals surface area contributed by atoms with Gasteiger partial charge in [-0.05, 0) is 25.1 Å². The predicted octanol–water partition coefficient (Wildman–Crippen LogP) is 2.33. The molecule has 1 amide bonds. The van der Waals surface area contributed by atoms with Crippen molar-refractivity contribution in [1.29, 1.82) is 0 Å². The largest absolute Gasteiger partial charge is 0.493 e. The molecule has 1 saturated heterocycles. The van der Waals surface area contributed by atoms with E-state index >= 15 is 0 Å². The maximum absolute atomic E-state index is 12.7. The third-order valence-electron chi connectivity index (χ3n) is 3.57. The van der Waals surface area contributed by atoms with Crippen LogP contribution in [0.2, 0.25) is 0 Å². The Morgan fingerprint density at radius 3 is 2.71 bits per heavy atom. The average molecular weight is 358 g/mol. The second-order valence-corrected chi connectivity index (χ2v) is 5.63. The first-order valence-corrected chi connectivity index (χ1v) is 7.93. The zero-order chi connectivity index (χ0) is 15.4. The van der Waals surface area contributed by atoms with Crippen molar-refractivity contribution in [3.05, 3.63) is 23.8 Å². The molecule has 1 aliphatic heterocycles. The van der Waals surface area contributed by atoms with E-state index in [1.165, 1.54) is 0 Å². The summed E-state index contributed by atoms with van der Waals surface area (Å²) in [6.45, 7) is 3.12. The van der Waals surface area contributed by atoms with Crippen molar-refractivity contribution in [2.75, 3.05) is 32.7 Å². The molecule has 0 N–H and O–H groups in total. The van der Waals surface area contributed by atoms with Gasteiger partial charge < -0.3 is 19.1 Å². The van der Waals surface area contributed by atoms with Gasteiger partial charge in [0.2, 0.25) is 0 Å². The number of morpholine rings is 1. The minimum absolute atomic E-state index is 0.0160. The Labute approximate surface area is 133 Å². The van der Waals surface area contributed by atoms with E-state index in [0.717, 1.165) is 5.33 Å². The Balaban J connectivity index is 2.22. The highest BCUT2D eigenvalue weighted by atomic mass is 79.9. The van der Waals surface area contributed by atoms with E-state index < -0.39 is 0 Å². The fraction of sp³-hybridized carbons (Fsp3) is 0.533. The van der Waals surface area contributed by atoms with Crippen LogP contribution in [0.1, 0.15) is 17.3 Å². The molecule has 21 heavy (non-hydrogen) atoms. The molecule has 6 heteroatoms. The quantitative estimate of drug-likeness (QED) is 0.776. The lowest BCUT2D eigenvalue weighted by Crippen LogP contribution is -2.51. The van der Waals surface area contributed by atoms with Crippen LogP contribution in [0.15, 0.2) is 18.2 Å². The first-order valence-electron chi connectivity index (χ1n) is 6.81. The van der Waals surface area contributed by atoms with Crippen molar-refractivity contribution < 1.29 is 19.0 Å². The number of carbonyl (C=O) groups excluding carboxylic acids is 1. The summed E-state index contributed by atoms with van der Waals surface area (Å²) >= 11 is 3.41. The molecule has 1 heterocycles. The Hall–Kier alpha value is -1.27. The summed E-state index contributed by atoms with van der Waals surface area (Å²) in [4.78, 5) is 14.5. The molecule has 1 fully saturated rings. The molecule has 0 aliphatic carbocycles. The minimum Gasteiger partial charge on any atom is -0.493 e. The molecule has 0 radical (unpaired) electrons. The summed E-state index contributed by atoms with van der Waals surface area (Å²) in [5, 5.41) is 0.718. The van der Waals surface area contributed by atoms with Gasteiger partial charge in [0, 0.05) is 17.4 Å². The lowest BCUT2D eigenvalue weighted by atomic mass is 10.1. The number of ether oxygens (including phenoxy) is 3. The van der Waals surface area contributed by atoms with Gasteiger partial charge in [0.1, 0.15) is 0 Å². The topological polar surface area (TPSA) is 48.0 Å². The van der Waals surface area contributed by atoms with Crippen LogP contribution in [0, 0.1) is 0 Å². The molecule has 1 aromatic rings. The molecule has 0 saturated carbocycles. The fourth-order valence-electron chi connectivity index (χ4n) is 2.33. The van der Waals surface area contributed by atoms with Gasteiger partial charge >= 0.3 is 0 Å². The molecule has 1 aromatic carbocycles. The number of rotatable bonds is 4. The lowest BCUT2D eigenvalue weighted by Gasteiger charge is -2.37. The van der Waals surface area contributed by atoms with Gasteiger partial charge in [-0.2, -0.15) is 0 Å². The number of nitrogens with zero attached hydrogens (tertiary/aromatic N) is 1. The SMILES string of the molecule is COc1ccc(C(=O)N2CC(CBr)OCC2C)cc1OC. The van der Waals surface area contributed by atoms with Gasteiger partial charge in [-0.15, -0.1) is 0 Å². The maximum atomic E-state index is 12.7. The molecule has 0 bridgehead atoms. The highest BCUT2D eigenvalue weighted by Gasteiger charge is 2.30. The molecule has 0 spiro atoms. The van der Waals surface area contributed by atoms with Crippen LogP contribution >= 0.6 is 15.9 Å². The standard InChI is InChI=1S/C15H20BrNO4/c1-10-9-21-12(7-16)8-17(10)15(18)11-4-5-13(19-2)14(6-11)20-3/h4-6,10,12H,7-9H2,1-3H3. The maximum Gasteiger partial charge on any atom is 0.254 e. The van der Waals surface area contributed by atoms with Crippen LogP contribution in [0.5, 0.6) is 11.5 Å². The molecule has 2 rings (SSSR count). The molecule has 116 valence electrons. The Bertz CT molecular complexity index is 508. The van der Waals surface area contributed by atoms with E-state index in [1.54, 1.807) is 32.4 Å². The number of methoxy groups -OCH3 is 2. The second-order valence-electron chi connectivity index (χ2n) is 4.99. The Morgan fingerprint density at radius 1 is 1.38 bits per heavy atom. The van der Waals surface area contributed by atoms with Crippen LogP contribution in [0.3, 0.4) is 0 Å². The number of halogens is 1. The van der Waals surface area contributed by atoms with E-state index in [0.29, 0.717) is 30.2 Å². The molecule has 0 aromatic heterocycles. The fourth-order valence-corrected chi connectivity index (χ4v) is 2.72. The second kappa shape index (κ2) is 7.13. The van der Waals surface area contributed by atoms with E-state index in [1.807, 2.05) is 11.8 Å². The number of alkyl halides is 1. The number of benzene rings is 1. The zero-order valence-electron chi connectivity index (χ0n) is 12.5. The summed E-state index contributed by atoms with van der Waals surface area (Å²) < 4.78 is 16.1. The predicted molar refractivity (Wildman–Crippen MR) is 83.6 cm³/mol. The van der Waals surface area contributed by atoms with Crippen LogP contribution in [0.4, 0.5) is 0 Å². The van der Waals surface area contributed by atoms with Gasteiger partial charge in [-0.3, -0.25) is 4.79 Å². The third kappa shape index (κ3) is 3.49. The first-order chi connectivity index (χ1) is 10.1. The van der Waals surface area contributed by atoms with Crippen molar-refractivity contribution in [2.45, 2.75) is 19.1 Å². The highest BCUT2D eigenvalue weighted by Crippen LogP contribution is 2.28. The smallest absolute Gasteiger partial charge is 0.254 e. The number of amides is 1. The summed E-state index contributed by atoms with van der Waals surface area (Å²) in [5.41, 5.74) is 0.592. The van der Waals surface area contributed by atoms with Gasteiger partial charge in [0.25, 0.3) is 5.91 Å². The molecule has 1 aliphatic rings. The monoisotopic (exact) mass is 357 g/mol. The lowest BCUT2D eigenvalue weighted by molar-refractivity contribution is -0.0361. The van der Waals surface area contributed by atoms with Gasteiger partial charge in [0.15, 0.2) is 11.5 Å². The number of hydrogen-bond acceptors (Lipinski definition) is 4. The zero-order valence-corrected chi connectivity index (χ0v) is 14.1. The molecule has 2 atom stereocenters. The van der Waals surface area contributed by atoms with Crippen LogP contribution in [-0.4, -0.2) is 55.7 Å². The average Bonchev–Trinajstić information content (AvgIpc) is 2.54. The summed E-state index contributed by atoms with van der Waals surface area (Å²) in [5.74, 6) is 1.15. The van der Waals surface area contributed by atoms with Crippen molar-refractivity contribution in [2.24, 2.45) is 0 Å². The van der Waals surface area contributed by atoms with Crippen molar-refractivity contribution in [1.82, 2.24) is 4.90 Å². The van der Waals surface area contributed by atoms with Crippen molar-refractivity contribution >= 4 is 21.8 Å². The van der Waals surface area contributed by atoms with E-state index in [2.05, 4.69) is 15.9 Å². The van der Waals surface area contributed by atoms with Gasteiger partial charge in [-0.25, -0.2) is 0 Å². The van der Waals surface area contributed by atoms with Crippen LogP contribution < -0.4 is 9.47 Å². The van der Waals surface area contributed by atoms with E-state index in [9.17, 15) is 4.79 Å². The number of carbonyl (C=O) groups is 1. The van der Waals surface area contributed by atoms with Crippen LogP contribution in [-0.2, 0) is 4.74 Å². The summed E-state index contributed by atoms with van der Waals surface area (Å²) in [6, 6.07) is 5.28. The van der Waals surface area contributed by atoms with Crippen molar-refractivity contribution in [3.8, 4) is 11.5 Å². The Kier molecular flexibility index (Phi) is 5.47. The summed E-state index contributed by atoms with van der Waals surface area (Å²) in [6.07, 6.45) is 0.0327. The van der Waals surface area contributed by atoms with E-state index in [4.69, 9.17) is 14.2 Å². The van der Waals surface area contributed by atoms with Gasteiger partial charge in [0.05, 0.1) is 33.0 Å². The highest BCUT2D eigenvalue weighted by molar-refractivity contribution is 9.09. The van der Waals surface area contributed by atoms with E-state index in [-0.39, 0.29) is 18.1 Å². The summed E-state index contributed by atoms with van der Waals surface area (Å²) in [7, 11) is 3.13. The third-order valence-corrected chi connectivity index (χ3v) is 4.29. The molecular weight excluding hydrogens is 338 g/mol.